The summed E-state index contributed by atoms with van der Waals surface area (Å²) >= 11 is 0. The van der Waals surface area contributed by atoms with Crippen LogP contribution in [0.1, 0.15) is 15.9 Å². The third kappa shape index (κ3) is 3.05. The van der Waals surface area contributed by atoms with Crippen molar-refractivity contribution in [3.05, 3.63) is 35.8 Å². The van der Waals surface area contributed by atoms with Crippen LogP contribution in [0.4, 0.5) is 0 Å². The number of nitrogens with zero attached hydrogens (tertiary/aromatic N) is 4. The van der Waals surface area contributed by atoms with Gasteiger partial charge in [-0.25, -0.2) is 9.97 Å². The third-order valence-electron chi connectivity index (χ3n) is 3.58. The van der Waals surface area contributed by atoms with Crippen molar-refractivity contribution in [2.75, 3.05) is 20.2 Å². The van der Waals surface area contributed by atoms with Crippen LogP contribution in [-0.2, 0) is 0 Å². The highest BCUT2D eigenvalue weighted by atomic mass is 16.5. The molecule has 0 spiro atoms. The third-order valence-corrected chi connectivity index (χ3v) is 3.58. The highest BCUT2D eigenvalue weighted by Crippen LogP contribution is 2.36. The van der Waals surface area contributed by atoms with Crippen LogP contribution in [-0.4, -0.2) is 47.1 Å². The molecule has 3 rings (SSSR count). The van der Waals surface area contributed by atoms with Crippen LogP contribution in [0.15, 0.2) is 29.6 Å². The molecule has 9 heteroatoms. The number of carbonyl (C=O) groups is 1. The predicted molar refractivity (Wildman–Crippen MR) is 88.2 cm³/mol. The molecule has 0 saturated carbocycles. The lowest BCUT2D eigenvalue weighted by molar-refractivity contribution is 0.0974. The molecule has 0 atom stereocenters. The van der Waals surface area contributed by atoms with E-state index in [2.05, 4.69) is 25.6 Å². The summed E-state index contributed by atoms with van der Waals surface area (Å²) < 4.78 is 5.20. The van der Waals surface area contributed by atoms with Crippen LogP contribution in [0.5, 0.6) is 11.6 Å². The molecule has 126 valence electrons. The van der Waals surface area contributed by atoms with E-state index in [9.17, 15) is 15.2 Å². The average molecular weight is 338 g/mol. The smallest absolute Gasteiger partial charge is 0.262 e. The molecule has 2 heterocycles. The summed E-state index contributed by atoms with van der Waals surface area (Å²) in [6.07, 6.45) is 2.71. The van der Waals surface area contributed by atoms with E-state index in [1.807, 2.05) is 6.07 Å². The minimum Gasteiger partial charge on any atom is -0.507 e. The van der Waals surface area contributed by atoms with Gasteiger partial charge in [0.2, 0.25) is 5.88 Å². The zero-order valence-corrected chi connectivity index (χ0v) is 13.3. The zero-order valence-electron chi connectivity index (χ0n) is 13.3. The number of guanidine groups is 1. The molecule has 25 heavy (non-hydrogen) atoms. The van der Waals surface area contributed by atoms with E-state index < -0.39 is 5.91 Å². The van der Waals surface area contributed by atoms with Gasteiger partial charge in [0.05, 0.1) is 36.4 Å². The van der Waals surface area contributed by atoms with Gasteiger partial charge in [0.1, 0.15) is 12.1 Å². The maximum Gasteiger partial charge on any atom is 0.262 e. The first kappa shape index (κ1) is 16.2. The Balaban J connectivity index is 2.17. The standard InChI is InChI=1S/C16H14N6O3/c1-25-15-10(7-18-8-21-15)12-9(6-17)2-3-11(23)13(12)14(24)22-16-19-4-5-20-16/h2-3,7-8,23H,4-5H2,1H3,(H2,19,20,22,24). The molecule has 0 aliphatic carbocycles. The Hall–Kier alpha value is -3.67. The summed E-state index contributed by atoms with van der Waals surface area (Å²) in [5, 5.41) is 25.2. The first-order valence-electron chi connectivity index (χ1n) is 7.35. The Morgan fingerprint density at radius 2 is 2.32 bits per heavy atom. The van der Waals surface area contributed by atoms with Crippen LogP contribution in [0.25, 0.3) is 11.1 Å². The van der Waals surface area contributed by atoms with Crippen LogP contribution < -0.4 is 15.4 Å². The van der Waals surface area contributed by atoms with Gasteiger partial charge < -0.3 is 15.2 Å². The molecule has 2 aromatic rings. The molecule has 1 aliphatic rings. The molecule has 0 saturated heterocycles. The molecule has 1 aliphatic heterocycles. The number of hydrogen-bond donors (Lipinski definition) is 3. The second kappa shape index (κ2) is 6.84. The normalized spacial score (nSPS) is 12.7. The number of ether oxygens (including phenoxy) is 1. The summed E-state index contributed by atoms with van der Waals surface area (Å²) in [5.41, 5.74) is 0.612. The molecule has 1 amide bonds. The molecule has 0 unspecified atom stereocenters. The van der Waals surface area contributed by atoms with Crippen molar-refractivity contribution in [2.24, 2.45) is 4.99 Å². The molecule has 3 N–H and O–H groups in total. The van der Waals surface area contributed by atoms with Crippen LogP contribution in [0.2, 0.25) is 0 Å². The fourth-order valence-corrected chi connectivity index (χ4v) is 2.50. The van der Waals surface area contributed by atoms with Gasteiger partial charge in [-0.3, -0.25) is 15.1 Å². The van der Waals surface area contributed by atoms with E-state index in [0.29, 0.717) is 24.6 Å². The van der Waals surface area contributed by atoms with Gasteiger partial charge >= 0.3 is 0 Å². The Bertz CT molecular complexity index is 903. The Labute approximate surface area is 143 Å². The predicted octanol–water partition coefficient (Wildman–Crippen LogP) is 0.418. The summed E-state index contributed by atoms with van der Waals surface area (Å²) in [6.45, 7) is 1.17. The fraction of sp³-hybridized carbons (Fsp3) is 0.188. The maximum absolute atomic E-state index is 12.7. The molecular formula is C16H14N6O3. The van der Waals surface area contributed by atoms with E-state index in [4.69, 9.17) is 4.74 Å². The van der Waals surface area contributed by atoms with Crippen molar-refractivity contribution in [3.8, 4) is 28.8 Å². The van der Waals surface area contributed by atoms with Gasteiger partial charge in [0, 0.05) is 18.3 Å². The SMILES string of the molecule is COc1ncncc1-c1c(C#N)ccc(O)c1C(=O)NC1=NCCN1. The highest BCUT2D eigenvalue weighted by Gasteiger charge is 2.25. The van der Waals surface area contributed by atoms with Crippen molar-refractivity contribution in [1.82, 2.24) is 20.6 Å². The number of methoxy groups -OCH3 is 1. The van der Waals surface area contributed by atoms with Gasteiger partial charge in [0.25, 0.3) is 5.91 Å². The minimum absolute atomic E-state index is 0.0800. The minimum atomic E-state index is -0.608. The quantitative estimate of drug-likeness (QED) is 0.738. The zero-order chi connectivity index (χ0) is 17.8. The Kier molecular flexibility index (Phi) is 4.43. The highest BCUT2D eigenvalue weighted by molar-refractivity contribution is 6.12. The van der Waals surface area contributed by atoms with E-state index in [1.165, 1.54) is 31.8 Å². The number of carbonyl (C=O) groups excluding carboxylic acids is 1. The van der Waals surface area contributed by atoms with Gasteiger partial charge in [0.15, 0.2) is 5.96 Å². The van der Waals surface area contributed by atoms with E-state index in [0.717, 1.165) is 0 Å². The number of nitrogens with one attached hydrogen (secondary N) is 2. The topological polar surface area (TPSA) is 133 Å². The van der Waals surface area contributed by atoms with Gasteiger partial charge in [-0.2, -0.15) is 5.26 Å². The molecule has 1 aromatic carbocycles. The fourth-order valence-electron chi connectivity index (χ4n) is 2.50. The number of aromatic nitrogens is 2. The van der Waals surface area contributed by atoms with Crippen molar-refractivity contribution in [2.45, 2.75) is 0 Å². The van der Waals surface area contributed by atoms with Gasteiger partial charge in [-0.1, -0.05) is 0 Å². The molecule has 0 radical (unpaired) electrons. The van der Waals surface area contributed by atoms with E-state index in [1.54, 1.807) is 0 Å². The second-order valence-electron chi connectivity index (χ2n) is 5.05. The summed E-state index contributed by atoms with van der Waals surface area (Å²) in [5.74, 6) is -0.392. The summed E-state index contributed by atoms with van der Waals surface area (Å²) in [7, 11) is 1.41. The van der Waals surface area contributed by atoms with E-state index >= 15 is 0 Å². The average Bonchev–Trinajstić information content (AvgIpc) is 3.14. The van der Waals surface area contributed by atoms with Crippen molar-refractivity contribution in [1.29, 1.82) is 5.26 Å². The first-order valence-corrected chi connectivity index (χ1v) is 7.35. The molecule has 9 nitrogen and oxygen atoms in total. The molecule has 1 aromatic heterocycles. The number of hydrogen-bond acceptors (Lipinski definition) is 8. The van der Waals surface area contributed by atoms with Crippen LogP contribution in [0.3, 0.4) is 0 Å². The number of rotatable bonds is 3. The number of aromatic hydroxyl groups is 1. The lowest BCUT2D eigenvalue weighted by Crippen LogP contribution is -2.38. The first-order chi connectivity index (χ1) is 12.2. The van der Waals surface area contributed by atoms with Gasteiger partial charge in [-0.05, 0) is 12.1 Å². The Morgan fingerprint density at radius 1 is 1.48 bits per heavy atom. The Morgan fingerprint density at radius 3 is 3.00 bits per heavy atom. The van der Waals surface area contributed by atoms with Crippen molar-refractivity contribution in [3.63, 3.8) is 0 Å². The molecular weight excluding hydrogens is 324 g/mol. The summed E-state index contributed by atoms with van der Waals surface area (Å²) in [6, 6.07) is 4.72. The monoisotopic (exact) mass is 338 g/mol. The number of phenolic OH excluding ortho intramolecular Hbond substituents is 1. The van der Waals surface area contributed by atoms with Crippen molar-refractivity contribution < 1.29 is 14.6 Å². The van der Waals surface area contributed by atoms with E-state index in [-0.39, 0.29) is 28.3 Å². The molecule has 0 bridgehead atoms. The largest absolute Gasteiger partial charge is 0.507 e. The van der Waals surface area contributed by atoms with Crippen LogP contribution in [0, 0.1) is 11.3 Å². The lowest BCUT2D eigenvalue weighted by atomic mass is 9.94. The number of nitriles is 1. The molecule has 0 fully saturated rings. The van der Waals surface area contributed by atoms with Crippen molar-refractivity contribution >= 4 is 11.9 Å². The maximum atomic E-state index is 12.7. The van der Waals surface area contributed by atoms with Crippen LogP contribution >= 0.6 is 0 Å². The second-order valence-corrected chi connectivity index (χ2v) is 5.05. The number of aliphatic imine (C=N–C) groups is 1. The lowest BCUT2D eigenvalue weighted by Gasteiger charge is -2.15. The number of benzene rings is 1. The van der Waals surface area contributed by atoms with Gasteiger partial charge in [-0.15, -0.1) is 0 Å². The summed E-state index contributed by atoms with van der Waals surface area (Å²) in [4.78, 5) is 24.7. The number of amides is 1. The number of phenols is 1.